The quantitative estimate of drug-likeness (QED) is 0.762. The molecule has 16 heavy (non-hydrogen) atoms. The highest BCUT2D eigenvalue weighted by Crippen LogP contribution is 2.19. The van der Waals surface area contributed by atoms with Crippen molar-refractivity contribution >= 4 is 5.91 Å². The molecule has 1 unspecified atom stereocenters. The van der Waals surface area contributed by atoms with E-state index in [0.29, 0.717) is 12.5 Å². The van der Waals surface area contributed by atoms with Gasteiger partial charge in [0, 0.05) is 19.6 Å². The highest BCUT2D eigenvalue weighted by atomic mass is 16.2. The van der Waals surface area contributed by atoms with Crippen LogP contribution in [-0.4, -0.2) is 55.0 Å². The summed E-state index contributed by atoms with van der Waals surface area (Å²) in [5.41, 5.74) is 5.89. The van der Waals surface area contributed by atoms with E-state index in [1.807, 2.05) is 14.0 Å². The van der Waals surface area contributed by atoms with Gasteiger partial charge in [-0.25, -0.2) is 0 Å². The summed E-state index contributed by atoms with van der Waals surface area (Å²) in [7, 11) is 1.86. The summed E-state index contributed by atoms with van der Waals surface area (Å²) in [4.78, 5) is 15.7. The molecule has 0 aliphatic carbocycles. The predicted octanol–water partition coefficient (Wildman–Crippen LogP) is 0.524. The monoisotopic (exact) mass is 227 g/mol. The van der Waals surface area contributed by atoms with E-state index in [1.165, 1.54) is 0 Å². The number of nitrogens with zero attached hydrogens (tertiary/aromatic N) is 2. The van der Waals surface area contributed by atoms with Gasteiger partial charge in [0.1, 0.15) is 0 Å². The Labute approximate surface area is 98.8 Å². The summed E-state index contributed by atoms with van der Waals surface area (Å²) < 4.78 is 0. The molecule has 0 aromatic heterocycles. The number of piperidine rings is 1. The van der Waals surface area contributed by atoms with E-state index >= 15 is 0 Å². The zero-order valence-electron chi connectivity index (χ0n) is 10.8. The zero-order chi connectivity index (χ0) is 12.1. The molecule has 1 atom stereocenters. The van der Waals surface area contributed by atoms with E-state index in [4.69, 9.17) is 5.73 Å². The first-order valence-electron chi connectivity index (χ1n) is 6.26. The second-order valence-electron chi connectivity index (χ2n) is 4.88. The molecule has 4 nitrogen and oxygen atoms in total. The van der Waals surface area contributed by atoms with Gasteiger partial charge in [0.2, 0.25) is 5.91 Å². The fourth-order valence-electron chi connectivity index (χ4n) is 2.13. The van der Waals surface area contributed by atoms with Crippen LogP contribution in [0.2, 0.25) is 0 Å². The van der Waals surface area contributed by atoms with Crippen molar-refractivity contribution in [2.24, 2.45) is 11.7 Å². The molecule has 94 valence electrons. The van der Waals surface area contributed by atoms with Crippen LogP contribution in [0, 0.1) is 5.92 Å². The molecular formula is C12H25N3O. The van der Waals surface area contributed by atoms with E-state index < -0.39 is 0 Å². The van der Waals surface area contributed by atoms with Crippen molar-refractivity contribution in [3.63, 3.8) is 0 Å². The van der Waals surface area contributed by atoms with Gasteiger partial charge in [-0.2, -0.15) is 0 Å². The Hall–Kier alpha value is -0.610. The minimum atomic E-state index is 0.224. The van der Waals surface area contributed by atoms with Crippen LogP contribution in [0.25, 0.3) is 0 Å². The lowest BCUT2D eigenvalue weighted by atomic mass is 9.91. The number of nitrogens with two attached hydrogens (primary N) is 1. The predicted molar refractivity (Wildman–Crippen MR) is 66.1 cm³/mol. The van der Waals surface area contributed by atoms with Crippen molar-refractivity contribution in [2.75, 3.05) is 33.2 Å². The Morgan fingerprint density at radius 2 is 2.06 bits per heavy atom. The number of carbonyl (C=O) groups excluding carboxylic acids is 1. The zero-order valence-corrected chi connectivity index (χ0v) is 10.8. The third-order valence-corrected chi connectivity index (χ3v) is 3.63. The van der Waals surface area contributed by atoms with Crippen molar-refractivity contribution in [1.29, 1.82) is 0 Å². The largest absolute Gasteiger partial charge is 0.345 e. The van der Waals surface area contributed by atoms with Crippen LogP contribution in [-0.2, 0) is 4.79 Å². The minimum Gasteiger partial charge on any atom is -0.345 e. The second kappa shape index (κ2) is 6.21. The Kier molecular flexibility index (Phi) is 5.22. The lowest BCUT2D eigenvalue weighted by Gasteiger charge is -2.33. The number of hydrogen-bond donors (Lipinski definition) is 1. The first-order valence-corrected chi connectivity index (χ1v) is 6.26. The van der Waals surface area contributed by atoms with Gasteiger partial charge in [0.05, 0.1) is 6.54 Å². The molecule has 1 fully saturated rings. The van der Waals surface area contributed by atoms with E-state index in [1.54, 1.807) is 4.90 Å². The van der Waals surface area contributed by atoms with Crippen LogP contribution in [0.1, 0.15) is 26.7 Å². The van der Waals surface area contributed by atoms with Crippen LogP contribution in [0.3, 0.4) is 0 Å². The molecule has 0 bridgehead atoms. The Morgan fingerprint density at radius 1 is 1.50 bits per heavy atom. The standard InChI is InChI=1S/C12H25N3O/c1-4-14(3)12(16)9-15-7-5-11(6-8-15)10(2)13/h10-11H,4-9,13H2,1-3H3. The summed E-state index contributed by atoms with van der Waals surface area (Å²) >= 11 is 0. The molecule has 1 aliphatic rings. The third-order valence-electron chi connectivity index (χ3n) is 3.63. The van der Waals surface area contributed by atoms with Crippen LogP contribution in [0.4, 0.5) is 0 Å². The molecule has 0 aromatic rings. The summed E-state index contributed by atoms with van der Waals surface area (Å²) in [6.07, 6.45) is 2.25. The van der Waals surface area contributed by atoms with Gasteiger partial charge in [0.25, 0.3) is 0 Å². The maximum atomic E-state index is 11.7. The van der Waals surface area contributed by atoms with Gasteiger partial charge >= 0.3 is 0 Å². The van der Waals surface area contributed by atoms with Gasteiger partial charge in [-0.3, -0.25) is 9.69 Å². The van der Waals surface area contributed by atoms with Crippen molar-refractivity contribution in [1.82, 2.24) is 9.80 Å². The molecule has 0 spiro atoms. The van der Waals surface area contributed by atoms with Crippen molar-refractivity contribution in [2.45, 2.75) is 32.7 Å². The topological polar surface area (TPSA) is 49.6 Å². The Bertz CT molecular complexity index is 222. The maximum absolute atomic E-state index is 11.7. The first-order chi connectivity index (χ1) is 7.54. The van der Waals surface area contributed by atoms with Gasteiger partial charge < -0.3 is 10.6 Å². The molecule has 1 amide bonds. The Balaban J connectivity index is 2.29. The highest BCUT2D eigenvalue weighted by Gasteiger charge is 2.23. The highest BCUT2D eigenvalue weighted by molar-refractivity contribution is 5.77. The van der Waals surface area contributed by atoms with Crippen LogP contribution >= 0.6 is 0 Å². The number of likely N-dealkylation sites (N-methyl/N-ethyl adjacent to an activating group) is 1. The molecule has 0 aromatic carbocycles. The maximum Gasteiger partial charge on any atom is 0.236 e. The molecule has 0 radical (unpaired) electrons. The summed E-state index contributed by atoms with van der Waals surface area (Å²) in [5, 5.41) is 0. The van der Waals surface area contributed by atoms with E-state index in [0.717, 1.165) is 32.5 Å². The van der Waals surface area contributed by atoms with Crippen molar-refractivity contribution in [3.05, 3.63) is 0 Å². The van der Waals surface area contributed by atoms with Gasteiger partial charge in [0.15, 0.2) is 0 Å². The molecule has 1 aliphatic heterocycles. The molecule has 1 heterocycles. The minimum absolute atomic E-state index is 0.224. The average Bonchev–Trinajstić information content (AvgIpc) is 2.28. The number of rotatable bonds is 4. The van der Waals surface area contributed by atoms with Crippen LogP contribution in [0.5, 0.6) is 0 Å². The summed E-state index contributed by atoms with van der Waals surface area (Å²) in [5.74, 6) is 0.858. The molecule has 2 N–H and O–H groups in total. The molecule has 0 saturated carbocycles. The van der Waals surface area contributed by atoms with Crippen LogP contribution in [0.15, 0.2) is 0 Å². The number of amides is 1. The lowest BCUT2D eigenvalue weighted by molar-refractivity contribution is -0.131. The normalized spacial score (nSPS) is 20.8. The fourth-order valence-corrected chi connectivity index (χ4v) is 2.13. The third kappa shape index (κ3) is 3.76. The van der Waals surface area contributed by atoms with Crippen molar-refractivity contribution < 1.29 is 4.79 Å². The molecule has 1 saturated heterocycles. The van der Waals surface area contributed by atoms with E-state index in [-0.39, 0.29) is 11.9 Å². The SMILES string of the molecule is CCN(C)C(=O)CN1CCC(C(C)N)CC1. The smallest absolute Gasteiger partial charge is 0.236 e. The number of likely N-dealkylation sites (tertiary alicyclic amines) is 1. The summed E-state index contributed by atoms with van der Waals surface area (Å²) in [6, 6.07) is 0.288. The first kappa shape index (κ1) is 13.5. The van der Waals surface area contributed by atoms with Gasteiger partial charge in [-0.15, -0.1) is 0 Å². The molecular weight excluding hydrogens is 202 g/mol. The number of carbonyl (C=O) groups is 1. The number of hydrogen-bond acceptors (Lipinski definition) is 3. The molecule has 1 rings (SSSR count). The average molecular weight is 227 g/mol. The molecule has 4 heteroatoms. The fraction of sp³-hybridized carbons (Fsp3) is 0.917. The summed E-state index contributed by atoms with van der Waals surface area (Å²) in [6.45, 7) is 7.45. The Morgan fingerprint density at radius 3 is 2.50 bits per heavy atom. The van der Waals surface area contributed by atoms with Gasteiger partial charge in [-0.05, 0) is 45.7 Å². The van der Waals surface area contributed by atoms with Crippen molar-refractivity contribution in [3.8, 4) is 0 Å². The van der Waals surface area contributed by atoms with E-state index in [9.17, 15) is 4.79 Å². The van der Waals surface area contributed by atoms with Crippen LogP contribution < -0.4 is 5.73 Å². The van der Waals surface area contributed by atoms with Gasteiger partial charge in [-0.1, -0.05) is 0 Å². The second-order valence-corrected chi connectivity index (χ2v) is 4.88. The lowest BCUT2D eigenvalue weighted by Crippen LogP contribution is -2.44. The van der Waals surface area contributed by atoms with E-state index in [2.05, 4.69) is 11.8 Å².